The molecule has 4 N–H and O–H groups in total. The van der Waals surface area contributed by atoms with Crippen molar-refractivity contribution in [2.45, 2.75) is 50.3 Å². The quantitative estimate of drug-likeness (QED) is 0.530. The Morgan fingerprint density at radius 2 is 1.89 bits per heavy atom. The maximum Gasteiger partial charge on any atom is 0.334 e. The van der Waals surface area contributed by atoms with E-state index in [1.807, 2.05) is 0 Å². The second kappa shape index (κ2) is 5.67. The van der Waals surface area contributed by atoms with Gasteiger partial charge in [-0.3, -0.25) is 4.79 Å². The number of carboxylic acid groups (broad SMARTS) is 1. The van der Waals surface area contributed by atoms with Crippen molar-refractivity contribution in [1.29, 1.82) is 0 Å². The lowest BCUT2D eigenvalue weighted by molar-refractivity contribution is -0.146. The molecule has 6 nitrogen and oxygen atoms in total. The Morgan fingerprint density at radius 1 is 1.28 bits per heavy atom. The van der Waals surface area contributed by atoms with E-state index in [1.54, 1.807) is 0 Å². The molecule has 0 saturated carbocycles. The highest BCUT2D eigenvalue weighted by Gasteiger charge is 2.34. The van der Waals surface area contributed by atoms with Gasteiger partial charge in [-0.2, -0.15) is 0 Å². The Morgan fingerprint density at radius 3 is 2.44 bits per heavy atom. The van der Waals surface area contributed by atoms with Crippen LogP contribution >= 0.6 is 0 Å². The van der Waals surface area contributed by atoms with E-state index in [1.165, 1.54) is 12.8 Å². The number of carbonyl (C=O) groups excluding carboxylic acids is 1. The van der Waals surface area contributed by atoms with Gasteiger partial charge in [-0.15, -0.1) is 0 Å². The largest absolute Gasteiger partial charge is 0.479 e. The van der Waals surface area contributed by atoms with E-state index in [-0.39, 0.29) is 12.5 Å². The van der Waals surface area contributed by atoms with Crippen molar-refractivity contribution in [2.75, 3.05) is 6.54 Å². The highest BCUT2D eigenvalue weighted by atomic mass is 16.4. The smallest absolute Gasteiger partial charge is 0.334 e. The molecule has 2 unspecified atom stereocenters. The first-order valence-corrected chi connectivity index (χ1v) is 6.48. The number of piperidine rings is 1. The van der Waals surface area contributed by atoms with Crippen LogP contribution in [0.4, 0.5) is 0 Å². The molecule has 2 bridgehead atoms. The van der Waals surface area contributed by atoms with Crippen LogP contribution in [0.2, 0.25) is 0 Å². The predicted octanol–water partition coefficient (Wildman–Crippen LogP) is -0.531. The summed E-state index contributed by atoms with van der Waals surface area (Å²) in [7, 11) is 0. The van der Waals surface area contributed by atoms with Crippen molar-refractivity contribution >= 4 is 11.9 Å². The fraction of sp³-hybridized carbons (Fsp3) is 0.833. The number of hydrogen-bond donors (Lipinski definition) is 4. The minimum absolute atomic E-state index is 0.165. The summed E-state index contributed by atoms with van der Waals surface area (Å²) in [4.78, 5) is 22.0. The van der Waals surface area contributed by atoms with E-state index < -0.39 is 12.1 Å². The molecular weight excluding hydrogens is 236 g/mol. The van der Waals surface area contributed by atoms with Gasteiger partial charge >= 0.3 is 5.97 Å². The van der Waals surface area contributed by atoms with Crippen LogP contribution in [0.15, 0.2) is 0 Å². The van der Waals surface area contributed by atoms with E-state index in [0.717, 1.165) is 12.8 Å². The first-order valence-electron chi connectivity index (χ1n) is 6.48. The first kappa shape index (κ1) is 13.3. The van der Waals surface area contributed by atoms with Crippen LogP contribution < -0.4 is 10.6 Å². The van der Waals surface area contributed by atoms with Crippen molar-refractivity contribution in [3.05, 3.63) is 0 Å². The van der Waals surface area contributed by atoms with Crippen LogP contribution in [0.5, 0.6) is 0 Å². The zero-order valence-corrected chi connectivity index (χ0v) is 10.3. The van der Waals surface area contributed by atoms with Gasteiger partial charge in [0.25, 0.3) is 0 Å². The average molecular weight is 256 g/mol. The number of aliphatic carboxylic acids is 1. The lowest BCUT2D eigenvalue weighted by Gasteiger charge is -2.28. The van der Waals surface area contributed by atoms with Crippen LogP contribution in [0.25, 0.3) is 0 Å². The molecule has 2 fully saturated rings. The molecule has 0 aromatic carbocycles. The van der Waals surface area contributed by atoms with Gasteiger partial charge in [-0.25, -0.2) is 4.79 Å². The summed E-state index contributed by atoms with van der Waals surface area (Å²) in [6.07, 6.45) is 3.34. The summed E-state index contributed by atoms with van der Waals surface area (Å²) in [5.74, 6) is -1.09. The lowest BCUT2D eigenvalue weighted by atomic mass is 9.89. The summed E-state index contributed by atoms with van der Waals surface area (Å²) in [5.41, 5.74) is 0. The molecule has 2 aliphatic heterocycles. The van der Waals surface area contributed by atoms with E-state index in [9.17, 15) is 9.59 Å². The fourth-order valence-corrected chi connectivity index (χ4v) is 2.97. The highest BCUT2D eigenvalue weighted by Crippen LogP contribution is 2.32. The van der Waals surface area contributed by atoms with Crippen molar-refractivity contribution < 1.29 is 19.8 Å². The van der Waals surface area contributed by atoms with E-state index in [4.69, 9.17) is 10.2 Å². The molecule has 2 saturated heterocycles. The summed E-state index contributed by atoms with van der Waals surface area (Å²) in [5, 5.41) is 23.5. The molecular formula is C12H20N2O4. The Kier molecular flexibility index (Phi) is 4.19. The van der Waals surface area contributed by atoms with Gasteiger partial charge in [0.1, 0.15) is 0 Å². The number of aliphatic hydroxyl groups excluding tert-OH is 1. The number of aliphatic hydroxyl groups is 1. The topological polar surface area (TPSA) is 98.7 Å². The van der Waals surface area contributed by atoms with Gasteiger partial charge < -0.3 is 20.8 Å². The Balaban J connectivity index is 1.69. The highest BCUT2D eigenvalue weighted by molar-refractivity contribution is 5.78. The Labute approximate surface area is 106 Å². The molecule has 2 heterocycles. The molecule has 0 aromatic rings. The number of carbonyl (C=O) groups is 2. The maximum absolute atomic E-state index is 11.6. The van der Waals surface area contributed by atoms with E-state index in [0.29, 0.717) is 24.4 Å². The molecule has 0 spiro atoms. The second-order valence-corrected chi connectivity index (χ2v) is 5.34. The summed E-state index contributed by atoms with van der Waals surface area (Å²) < 4.78 is 0. The SMILES string of the molecule is O=C(CC1CC2CCC(C1)N2)NC[C@H](O)C(=O)O. The van der Waals surface area contributed by atoms with Gasteiger partial charge in [0.15, 0.2) is 6.10 Å². The van der Waals surface area contributed by atoms with Crippen molar-refractivity contribution in [3.8, 4) is 0 Å². The van der Waals surface area contributed by atoms with Gasteiger partial charge in [0.05, 0.1) is 6.54 Å². The molecule has 102 valence electrons. The van der Waals surface area contributed by atoms with E-state index in [2.05, 4.69) is 10.6 Å². The number of rotatable bonds is 5. The number of hydrogen-bond acceptors (Lipinski definition) is 4. The molecule has 2 aliphatic rings. The molecule has 0 radical (unpaired) electrons. The lowest BCUT2D eigenvalue weighted by Crippen LogP contribution is -2.41. The van der Waals surface area contributed by atoms with Gasteiger partial charge in [0, 0.05) is 18.5 Å². The Hall–Kier alpha value is -1.14. The van der Waals surface area contributed by atoms with Gasteiger partial charge in [0.2, 0.25) is 5.91 Å². The van der Waals surface area contributed by atoms with Crippen LogP contribution in [0.1, 0.15) is 32.1 Å². The third kappa shape index (κ3) is 3.43. The van der Waals surface area contributed by atoms with Gasteiger partial charge in [-0.05, 0) is 31.6 Å². The van der Waals surface area contributed by atoms with Crippen LogP contribution in [-0.2, 0) is 9.59 Å². The minimum Gasteiger partial charge on any atom is -0.479 e. The molecule has 0 aliphatic carbocycles. The van der Waals surface area contributed by atoms with Crippen molar-refractivity contribution in [1.82, 2.24) is 10.6 Å². The summed E-state index contributed by atoms with van der Waals surface area (Å²) in [6.45, 7) is -0.216. The zero-order chi connectivity index (χ0) is 13.1. The van der Waals surface area contributed by atoms with Crippen LogP contribution in [0.3, 0.4) is 0 Å². The standard InChI is InChI=1S/C12H20N2O4/c15-10(12(17)18)6-13-11(16)5-7-3-8-1-2-9(4-7)14-8/h7-10,14-15H,1-6H2,(H,13,16)(H,17,18)/t7?,8?,9?,10-/m0/s1. The van der Waals surface area contributed by atoms with E-state index >= 15 is 0 Å². The zero-order valence-electron chi connectivity index (χ0n) is 10.3. The minimum atomic E-state index is -1.52. The van der Waals surface area contributed by atoms with Crippen molar-refractivity contribution in [2.24, 2.45) is 5.92 Å². The van der Waals surface area contributed by atoms with Crippen LogP contribution in [0, 0.1) is 5.92 Å². The second-order valence-electron chi connectivity index (χ2n) is 5.34. The number of nitrogens with one attached hydrogen (secondary N) is 2. The average Bonchev–Trinajstić information content (AvgIpc) is 2.65. The third-order valence-electron chi connectivity index (χ3n) is 3.82. The Bertz CT molecular complexity index is 322. The summed E-state index contributed by atoms with van der Waals surface area (Å²) >= 11 is 0. The molecule has 6 heteroatoms. The third-order valence-corrected chi connectivity index (χ3v) is 3.82. The summed E-state index contributed by atoms with van der Waals surface area (Å²) in [6, 6.07) is 1.09. The monoisotopic (exact) mass is 256 g/mol. The molecule has 1 amide bonds. The molecule has 18 heavy (non-hydrogen) atoms. The van der Waals surface area contributed by atoms with Gasteiger partial charge in [-0.1, -0.05) is 0 Å². The fourth-order valence-electron chi connectivity index (χ4n) is 2.97. The molecule has 0 aromatic heterocycles. The molecule has 3 atom stereocenters. The maximum atomic E-state index is 11.6. The van der Waals surface area contributed by atoms with Crippen LogP contribution in [-0.4, -0.2) is 46.8 Å². The predicted molar refractivity (Wildman–Crippen MR) is 63.9 cm³/mol. The first-order chi connectivity index (χ1) is 8.54. The normalized spacial score (nSPS) is 31.9. The number of amides is 1. The number of carboxylic acids is 1. The number of fused-ring (bicyclic) bond motifs is 2. The van der Waals surface area contributed by atoms with Crippen molar-refractivity contribution in [3.63, 3.8) is 0 Å². The molecule has 2 rings (SSSR count).